The van der Waals surface area contributed by atoms with Gasteiger partial charge in [-0.2, -0.15) is 11.8 Å². The minimum absolute atomic E-state index is 0.508. The molecule has 2 rings (SSSR count). The second-order valence-electron chi connectivity index (χ2n) is 4.97. The van der Waals surface area contributed by atoms with Gasteiger partial charge in [0.05, 0.1) is 0 Å². The second kappa shape index (κ2) is 6.84. The average Bonchev–Trinajstić information content (AvgIpc) is 2.38. The Kier molecular flexibility index (Phi) is 5.42. The molecule has 16 heavy (non-hydrogen) atoms. The Morgan fingerprint density at radius 3 is 2.69 bits per heavy atom. The molecule has 0 aliphatic carbocycles. The molecular formula is C12H24N2OS. The van der Waals surface area contributed by atoms with Gasteiger partial charge in [-0.05, 0) is 43.8 Å². The summed E-state index contributed by atoms with van der Waals surface area (Å²) in [7, 11) is 0. The standard InChI is InChI=1S/C12H24N2OS/c13-14-11(12-3-1-2-8-16-12)9-10-4-6-15-7-5-10/h10-12,14H,1-9,13H2. The molecule has 2 aliphatic rings. The second-order valence-corrected chi connectivity index (χ2v) is 6.32. The highest BCUT2D eigenvalue weighted by Gasteiger charge is 2.26. The van der Waals surface area contributed by atoms with Gasteiger partial charge in [-0.3, -0.25) is 11.3 Å². The van der Waals surface area contributed by atoms with Crippen LogP contribution in [0.2, 0.25) is 0 Å². The Morgan fingerprint density at radius 1 is 1.25 bits per heavy atom. The Balaban J connectivity index is 1.78. The minimum Gasteiger partial charge on any atom is -0.381 e. The average molecular weight is 244 g/mol. The van der Waals surface area contributed by atoms with Crippen LogP contribution >= 0.6 is 11.8 Å². The van der Waals surface area contributed by atoms with Crippen molar-refractivity contribution in [2.45, 2.75) is 49.8 Å². The molecule has 2 unspecified atom stereocenters. The van der Waals surface area contributed by atoms with Crippen molar-refractivity contribution in [3.63, 3.8) is 0 Å². The summed E-state index contributed by atoms with van der Waals surface area (Å²) in [4.78, 5) is 0. The quantitative estimate of drug-likeness (QED) is 0.586. The Labute approximate surface area is 103 Å². The molecule has 2 atom stereocenters. The summed E-state index contributed by atoms with van der Waals surface area (Å²) in [5.41, 5.74) is 3.06. The number of nitrogens with two attached hydrogens (primary N) is 1. The highest BCUT2D eigenvalue weighted by atomic mass is 32.2. The smallest absolute Gasteiger partial charge is 0.0468 e. The van der Waals surface area contributed by atoms with Crippen LogP contribution in [0.5, 0.6) is 0 Å². The van der Waals surface area contributed by atoms with E-state index in [1.165, 1.54) is 44.3 Å². The van der Waals surface area contributed by atoms with Crippen LogP contribution in [-0.2, 0) is 4.74 Å². The van der Waals surface area contributed by atoms with E-state index in [4.69, 9.17) is 10.6 Å². The van der Waals surface area contributed by atoms with Crippen molar-refractivity contribution < 1.29 is 4.74 Å². The van der Waals surface area contributed by atoms with Crippen molar-refractivity contribution in [1.29, 1.82) is 0 Å². The van der Waals surface area contributed by atoms with Crippen LogP contribution in [0.25, 0.3) is 0 Å². The summed E-state index contributed by atoms with van der Waals surface area (Å²) in [5, 5.41) is 0.738. The van der Waals surface area contributed by atoms with Crippen molar-refractivity contribution in [3.8, 4) is 0 Å². The van der Waals surface area contributed by atoms with Gasteiger partial charge in [0.1, 0.15) is 0 Å². The van der Waals surface area contributed by atoms with Crippen molar-refractivity contribution >= 4 is 11.8 Å². The SMILES string of the molecule is NNC(CC1CCOCC1)C1CCCCS1. The Morgan fingerprint density at radius 2 is 2.06 bits per heavy atom. The number of ether oxygens (including phenoxy) is 1. The summed E-state index contributed by atoms with van der Waals surface area (Å²) in [6.45, 7) is 1.89. The molecular weight excluding hydrogens is 220 g/mol. The lowest BCUT2D eigenvalue weighted by Gasteiger charge is -2.33. The van der Waals surface area contributed by atoms with E-state index in [1.54, 1.807) is 0 Å². The number of nitrogens with one attached hydrogen (secondary N) is 1. The maximum Gasteiger partial charge on any atom is 0.0468 e. The zero-order valence-electron chi connectivity index (χ0n) is 9.99. The molecule has 94 valence electrons. The topological polar surface area (TPSA) is 47.3 Å². The highest BCUT2D eigenvalue weighted by Crippen LogP contribution is 2.31. The van der Waals surface area contributed by atoms with Gasteiger partial charge in [0.15, 0.2) is 0 Å². The fraction of sp³-hybridized carbons (Fsp3) is 1.00. The molecule has 2 aliphatic heterocycles. The lowest BCUT2D eigenvalue weighted by molar-refractivity contribution is 0.0603. The summed E-state index contributed by atoms with van der Waals surface area (Å²) in [6, 6.07) is 0.508. The molecule has 2 saturated heterocycles. The first-order valence-electron chi connectivity index (χ1n) is 6.55. The van der Waals surface area contributed by atoms with E-state index in [1.807, 2.05) is 0 Å². The van der Waals surface area contributed by atoms with Gasteiger partial charge >= 0.3 is 0 Å². The molecule has 0 aromatic carbocycles. The molecule has 2 heterocycles. The van der Waals surface area contributed by atoms with Gasteiger partial charge in [0.25, 0.3) is 0 Å². The van der Waals surface area contributed by atoms with Crippen LogP contribution in [-0.4, -0.2) is 30.3 Å². The monoisotopic (exact) mass is 244 g/mol. The van der Waals surface area contributed by atoms with Crippen LogP contribution in [0, 0.1) is 5.92 Å². The largest absolute Gasteiger partial charge is 0.381 e. The molecule has 0 aromatic rings. The Bertz CT molecular complexity index is 191. The summed E-state index contributed by atoms with van der Waals surface area (Å²) < 4.78 is 5.40. The van der Waals surface area contributed by atoms with E-state index in [2.05, 4.69) is 17.2 Å². The predicted molar refractivity (Wildman–Crippen MR) is 69.4 cm³/mol. The number of hydrogen-bond donors (Lipinski definition) is 2. The van der Waals surface area contributed by atoms with E-state index in [0.29, 0.717) is 6.04 Å². The summed E-state index contributed by atoms with van der Waals surface area (Å²) >= 11 is 2.11. The maximum atomic E-state index is 5.73. The van der Waals surface area contributed by atoms with Crippen LogP contribution in [0.4, 0.5) is 0 Å². The van der Waals surface area contributed by atoms with E-state index in [-0.39, 0.29) is 0 Å². The summed E-state index contributed by atoms with van der Waals surface area (Å²) in [5.74, 6) is 7.86. The first kappa shape index (κ1) is 12.7. The van der Waals surface area contributed by atoms with Crippen LogP contribution in [0.1, 0.15) is 38.5 Å². The molecule has 3 N–H and O–H groups in total. The number of rotatable bonds is 4. The Hall–Kier alpha value is 0.230. The fourth-order valence-corrected chi connectivity index (χ4v) is 4.18. The van der Waals surface area contributed by atoms with Crippen molar-refractivity contribution in [2.24, 2.45) is 11.8 Å². The predicted octanol–water partition coefficient (Wildman–Crippen LogP) is 1.92. The van der Waals surface area contributed by atoms with E-state index in [0.717, 1.165) is 24.4 Å². The molecule has 0 radical (unpaired) electrons. The van der Waals surface area contributed by atoms with Gasteiger partial charge < -0.3 is 4.74 Å². The fourth-order valence-electron chi connectivity index (χ4n) is 2.75. The molecule has 4 heteroatoms. The van der Waals surface area contributed by atoms with Gasteiger partial charge in [-0.25, -0.2) is 0 Å². The van der Waals surface area contributed by atoms with Gasteiger partial charge in [0.2, 0.25) is 0 Å². The molecule has 0 aromatic heterocycles. The van der Waals surface area contributed by atoms with Gasteiger partial charge in [0, 0.05) is 24.5 Å². The van der Waals surface area contributed by atoms with E-state index in [9.17, 15) is 0 Å². The summed E-state index contributed by atoms with van der Waals surface area (Å²) in [6.07, 6.45) is 7.77. The number of hydrazine groups is 1. The third-order valence-electron chi connectivity index (χ3n) is 3.81. The van der Waals surface area contributed by atoms with Crippen molar-refractivity contribution in [1.82, 2.24) is 5.43 Å². The third kappa shape index (κ3) is 3.62. The first-order valence-corrected chi connectivity index (χ1v) is 7.60. The van der Waals surface area contributed by atoms with Crippen molar-refractivity contribution in [2.75, 3.05) is 19.0 Å². The van der Waals surface area contributed by atoms with Crippen LogP contribution in [0.15, 0.2) is 0 Å². The molecule has 0 bridgehead atoms. The van der Waals surface area contributed by atoms with Gasteiger partial charge in [-0.15, -0.1) is 0 Å². The molecule has 2 fully saturated rings. The lowest BCUT2D eigenvalue weighted by Crippen LogP contribution is -2.45. The number of thioether (sulfide) groups is 1. The van der Waals surface area contributed by atoms with E-state index >= 15 is 0 Å². The molecule has 0 amide bonds. The number of hydrogen-bond acceptors (Lipinski definition) is 4. The first-order chi connectivity index (χ1) is 7.90. The lowest BCUT2D eigenvalue weighted by atomic mass is 9.90. The van der Waals surface area contributed by atoms with Crippen molar-refractivity contribution in [3.05, 3.63) is 0 Å². The molecule has 0 saturated carbocycles. The molecule has 3 nitrogen and oxygen atoms in total. The minimum atomic E-state index is 0.508. The van der Waals surface area contributed by atoms with Gasteiger partial charge in [-0.1, -0.05) is 6.42 Å². The molecule has 0 spiro atoms. The zero-order chi connectivity index (χ0) is 11.2. The zero-order valence-corrected chi connectivity index (χ0v) is 10.8. The highest BCUT2D eigenvalue weighted by molar-refractivity contribution is 8.00. The third-order valence-corrected chi connectivity index (χ3v) is 5.32. The van der Waals surface area contributed by atoms with Crippen LogP contribution in [0.3, 0.4) is 0 Å². The normalized spacial score (nSPS) is 30.2. The van der Waals surface area contributed by atoms with E-state index < -0.39 is 0 Å². The van der Waals surface area contributed by atoms with Crippen LogP contribution < -0.4 is 11.3 Å². The maximum absolute atomic E-state index is 5.73.